The number of hydrogen-bond acceptors (Lipinski definition) is 4. The van der Waals surface area contributed by atoms with Crippen molar-refractivity contribution < 1.29 is 26.3 Å². The number of aromatic nitrogens is 2. The van der Waals surface area contributed by atoms with E-state index >= 15 is 0 Å². The van der Waals surface area contributed by atoms with Crippen molar-refractivity contribution in [2.75, 3.05) is 6.61 Å². The summed E-state index contributed by atoms with van der Waals surface area (Å²) in [7, 11) is -3.70. The van der Waals surface area contributed by atoms with Crippen molar-refractivity contribution in [2.24, 2.45) is 0 Å². The Morgan fingerprint density at radius 2 is 1.97 bits per heavy atom. The van der Waals surface area contributed by atoms with Gasteiger partial charge in [-0.2, -0.15) is 18.3 Å². The Kier molecular flexibility index (Phi) is 5.25. The third-order valence-electron chi connectivity index (χ3n) is 6.32. The minimum atomic E-state index is -4.56. The van der Waals surface area contributed by atoms with Crippen LogP contribution in [0.15, 0.2) is 35.2 Å². The van der Waals surface area contributed by atoms with E-state index in [-0.39, 0.29) is 30.4 Å². The molecule has 0 N–H and O–H groups in total. The topological polar surface area (TPSA) is 61.2 Å². The molecule has 1 saturated heterocycles. The summed E-state index contributed by atoms with van der Waals surface area (Å²) in [6.07, 6.45) is -2.49. The van der Waals surface area contributed by atoms with Crippen LogP contribution in [0.5, 0.6) is 0 Å². The van der Waals surface area contributed by atoms with Crippen LogP contribution in [0.2, 0.25) is 0 Å². The van der Waals surface area contributed by atoms with Crippen molar-refractivity contribution in [1.82, 2.24) is 9.78 Å². The van der Waals surface area contributed by atoms with E-state index in [9.17, 15) is 21.6 Å². The highest BCUT2D eigenvalue weighted by Crippen LogP contribution is 2.45. The monoisotopic (exact) mass is 442 g/mol. The number of halogens is 3. The predicted molar refractivity (Wildman–Crippen MR) is 105 cm³/mol. The fraction of sp³-hybridized carbons (Fsp3) is 0.571. The number of aryl methyl sites for hydroxylation is 1. The van der Waals surface area contributed by atoms with Crippen LogP contribution in [-0.4, -0.2) is 29.6 Å². The van der Waals surface area contributed by atoms with Crippen LogP contribution in [0, 0.1) is 6.92 Å². The summed E-state index contributed by atoms with van der Waals surface area (Å²) in [6, 6.07) is 7.65. The third-order valence-corrected chi connectivity index (χ3v) is 8.86. The zero-order valence-corrected chi connectivity index (χ0v) is 17.8. The first-order valence-electron chi connectivity index (χ1n) is 10.1. The molecule has 2 aliphatic rings. The van der Waals surface area contributed by atoms with Crippen LogP contribution >= 0.6 is 0 Å². The SMILES string of the molecule is Cc1cccc(S(=O)(=O)C2(C)CCOC(c3cc(C(F)(F)F)nn3C3CCC3)C2)c1. The zero-order chi connectivity index (χ0) is 21.7. The van der Waals surface area contributed by atoms with Crippen molar-refractivity contribution >= 4 is 9.84 Å². The van der Waals surface area contributed by atoms with Crippen molar-refractivity contribution in [1.29, 1.82) is 0 Å². The van der Waals surface area contributed by atoms with E-state index in [1.807, 2.05) is 13.0 Å². The Hall–Kier alpha value is -1.87. The first-order chi connectivity index (χ1) is 14.0. The lowest BCUT2D eigenvalue weighted by molar-refractivity contribution is -0.141. The molecule has 1 saturated carbocycles. The summed E-state index contributed by atoms with van der Waals surface area (Å²) in [5.41, 5.74) is 0.195. The lowest BCUT2D eigenvalue weighted by Crippen LogP contribution is -2.42. The second-order valence-electron chi connectivity index (χ2n) is 8.56. The summed E-state index contributed by atoms with van der Waals surface area (Å²) in [6.45, 7) is 3.64. The molecule has 1 aromatic heterocycles. The first kappa shape index (κ1) is 21.4. The molecular weight excluding hydrogens is 417 g/mol. The fourth-order valence-corrected chi connectivity index (χ4v) is 6.07. The predicted octanol–water partition coefficient (Wildman–Crippen LogP) is 5.02. The molecule has 0 amide bonds. The molecule has 2 unspecified atom stereocenters. The molecule has 2 atom stereocenters. The summed E-state index contributed by atoms with van der Waals surface area (Å²) < 4.78 is 72.9. The van der Waals surface area contributed by atoms with Crippen molar-refractivity contribution in [3.63, 3.8) is 0 Å². The van der Waals surface area contributed by atoms with E-state index in [0.717, 1.165) is 30.9 Å². The Labute approximate surface area is 174 Å². The molecule has 0 bridgehead atoms. The van der Waals surface area contributed by atoms with E-state index in [1.54, 1.807) is 25.1 Å². The van der Waals surface area contributed by atoms with Crippen LogP contribution in [0.1, 0.15) is 68.1 Å². The van der Waals surface area contributed by atoms with Gasteiger partial charge in [0.25, 0.3) is 0 Å². The molecular formula is C21H25F3N2O3S. The Balaban J connectivity index is 1.70. The van der Waals surface area contributed by atoms with Crippen LogP contribution in [0.4, 0.5) is 13.2 Å². The van der Waals surface area contributed by atoms with Crippen LogP contribution in [0.3, 0.4) is 0 Å². The summed E-state index contributed by atoms with van der Waals surface area (Å²) in [4.78, 5) is 0.231. The van der Waals surface area contributed by atoms with Crippen molar-refractivity contribution in [3.05, 3.63) is 47.3 Å². The van der Waals surface area contributed by atoms with Gasteiger partial charge in [0, 0.05) is 6.61 Å². The summed E-state index contributed by atoms with van der Waals surface area (Å²) in [5.74, 6) is 0. The standard InChI is InChI=1S/C21H25F3N2O3S/c1-14-5-3-8-16(11-14)30(27,28)20(2)9-10-29-18(13-20)17-12-19(21(22,23)24)25-26(17)15-6-4-7-15/h3,5,8,11-12,15,18H,4,6-7,9-10,13H2,1-2H3. The summed E-state index contributed by atoms with van der Waals surface area (Å²) >= 11 is 0. The molecule has 2 fully saturated rings. The Bertz CT molecular complexity index is 1040. The molecule has 2 aromatic rings. The number of benzene rings is 1. The maximum absolute atomic E-state index is 13.4. The summed E-state index contributed by atoms with van der Waals surface area (Å²) in [5, 5.41) is 3.82. The molecule has 5 nitrogen and oxygen atoms in total. The maximum atomic E-state index is 13.4. The van der Waals surface area contributed by atoms with E-state index in [2.05, 4.69) is 5.10 Å². The average molecular weight is 443 g/mol. The Morgan fingerprint density at radius 1 is 1.23 bits per heavy atom. The lowest BCUT2D eigenvalue weighted by atomic mass is 9.91. The normalized spacial score (nSPS) is 25.8. The van der Waals surface area contributed by atoms with Gasteiger partial charge in [-0.05, 0) is 69.7 Å². The van der Waals surface area contributed by atoms with Gasteiger partial charge in [0.1, 0.15) is 6.10 Å². The highest BCUT2D eigenvalue weighted by atomic mass is 32.2. The number of ether oxygens (including phenoxy) is 1. The van der Waals surface area contributed by atoms with Gasteiger partial charge in [-0.15, -0.1) is 0 Å². The van der Waals surface area contributed by atoms with Gasteiger partial charge < -0.3 is 4.74 Å². The van der Waals surface area contributed by atoms with Gasteiger partial charge in [-0.3, -0.25) is 4.68 Å². The van der Waals surface area contributed by atoms with Crippen molar-refractivity contribution in [2.45, 2.75) is 73.9 Å². The second-order valence-corrected chi connectivity index (χ2v) is 11.0. The molecule has 4 rings (SSSR count). The van der Waals surface area contributed by atoms with Crippen LogP contribution < -0.4 is 0 Å². The Morgan fingerprint density at radius 3 is 2.57 bits per heavy atom. The number of hydrogen-bond donors (Lipinski definition) is 0. The minimum Gasteiger partial charge on any atom is -0.372 e. The maximum Gasteiger partial charge on any atom is 0.435 e. The number of sulfone groups is 1. The van der Waals surface area contributed by atoms with Gasteiger partial charge in [-0.1, -0.05) is 12.1 Å². The molecule has 164 valence electrons. The van der Waals surface area contributed by atoms with Gasteiger partial charge >= 0.3 is 6.18 Å². The molecule has 1 aromatic carbocycles. The number of alkyl halides is 3. The van der Waals surface area contributed by atoms with E-state index < -0.39 is 32.6 Å². The quantitative estimate of drug-likeness (QED) is 0.667. The molecule has 9 heteroatoms. The highest BCUT2D eigenvalue weighted by Gasteiger charge is 2.47. The van der Waals surface area contributed by atoms with E-state index in [4.69, 9.17) is 4.74 Å². The highest BCUT2D eigenvalue weighted by molar-refractivity contribution is 7.92. The molecule has 30 heavy (non-hydrogen) atoms. The third kappa shape index (κ3) is 3.66. The second kappa shape index (κ2) is 7.37. The van der Waals surface area contributed by atoms with Gasteiger partial charge in [-0.25, -0.2) is 8.42 Å². The molecule has 0 spiro atoms. The van der Waals surface area contributed by atoms with Crippen molar-refractivity contribution in [3.8, 4) is 0 Å². The first-order valence-corrected chi connectivity index (χ1v) is 11.6. The molecule has 1 aliphatic carbocycles. The van der Waals surface area contributed by atoms with Gasteiger partial charge in [0.2, 0.25) is 0 Å². The average Bonchev–Trinajstić information content (AvgIpc) is 3.05. The molecule has 1 aliphatic heterocycles. The van der Waals surface area contributed by atoms with E-state index in [0.29, 0.717) is 5.69 Å². The fourth-order valence-electron chi connectivity index (χ4n) is 4.18. The van der Waals surface area contributed by atoms with Crippen LogP contribution in [-0.2, 0) is 20.8 Å². The number of nitrogens with zero attached hydrogens (tertiary/aromatic N) is 2. The largest absolute Gasteiger partial charge is 0.435 e. The molecule has 2 heterocycles. The number of rotatable bonds is 4. The molecule has 0 radical (unpaired) electrons. The van der Waals surface area contributed by atoms with Gasteiger partial charge in [0.15, 0.2) is 15.5 Å². The van der Waals surface area contributed by atoms with Crippen LogP contribution in [0.25, 0.3) is 0 Å². The van der Waals surface area contributed by atoms with E-state index in [1.165, 1.54) is 4.68 Å². The lowest BCUT2D eigenvalue weighted by Gasteiger charge is -2.38. The minimum absolute atomic E-state index is 0.0823. The zero-order valence-electron chi connectivity index (χ0n) is 16.9. The smallest absolute Gasteiger partial charge is 0.372 e. The van der Waals surface area contributed by atoms with Gasteiger partial charge in [0.05, 0.1) is 21.4 Å².